The lowest BCUT2D eigenvalue weighted by Gasteiger charge is -2.07. The predicted octanol–water partition coefficient (Wildman–Crippen LogP) is 8.68. The zero-order valence-electron chi connectivity index (χ0n) is 21.7. The van der Waals surface area contributed by atoms with E-state index in [4.69, 9.17) is 0 Å². The van der Waals surface area contributed by atoms with Crippen LogP contribution in [0.1, 0.15) is 71.6 Å². The summed E-state index contributed by atoms with van der Waals surface area (Å²) in [5.41, 5.74) is 2.86. The molecule has 0 N–H and O–H groups in total. The molecular weight excluding hydrogens is 435 g/mol. The molecule has 0 saturated carbocycles. The molecule has 1 heterocycles. The molecule has 0 unspecified atom stereocenters. The quantitative estimate of drug-likeness (QED) is 0.238. The number of hydrogen-bond donors (Lipinski definition) is 0. The summed E-state index contributed by atoms with van der Waals surface area (Å²) in [7, 11) is 0. The van der Waals surface area contributed by atoms with Gasteiger partial charge in [0, 0.05) is 18.0 Å². The van der Waals surface area contributed by atoms with Crippen molar-refractivity contribution in [1.29, 1.82) is 0 Å². The second-order valence-electron chi connectivity index (χ2n) is 6.46. The number of ketones is 1. The third-order valence-electron chi connectivity index (χ3n) is 3.92. The van der Waals surface area contributed by atoms with E-state index in [1.165, 1.54) is 12.1 Å². The van der Waals surface area contributed by atoms with Crippen LogP contribution in [-0.4, -0.2) is 10.8 Å². The Bertz CT molecular complexity index is 834. The van der Waals surface area contributed by atoms with Crippen molar-refractivity contribution in [2.75, 3.05) is 0 Å². The van der Waals surface area contributed by atoms with Crippen LogP contribution >= 0.6 is 0 Å². The molecule has 34 heavy (non-hydrogen) atoms. The Kier molecular flexibility index (Phi) is 22.6. The molecule has 0 amide bonds. The van der Waals surface area contributed by atoms with Crippen molar-refractivity contribution >= 4 is 5.78 Å². The first-order valence-corrected chi connectivity index (χ1v) is 11.4. The number of terminal acetylenes is 1. The van der Waals surface area contributed by atoms with Crippen molar-refractivity contribution in [2.45, 2.75) is 73.9 Å². The number of alkyl halides is 3. The predicted molar refractivity (Wildman–Crippen MR) is 140 cm³/mol. The summed E-state index contributed by atoms with van der Waals surface area (Å²) < 4.78 is 36.6. The standard InChI is InChI=1S/C13H15NO.C10H11F3.2C2H6.C2H2/c1-10(2)13(11(3)15)5-4-12-6-8-14-9-7-12;1-2-4-8-5-3-6-9(7-8)10(11,12)13;3*1-2/h5-9H,1,4H2,2-3H3;3,5-7H,2,4H2,1H3;2*1-2H3;1-2H/b13-5-;;;;. The molecule has 5 heteroatoms. The lowest BCUT2D eigenvalue weighted by Crippen LogP contribution is -2.05. The SMILES string of the molecule is C#C.C=C(C)/C(=C/Cc1ccncc1)C(C)=O.CC.CC.CCCc1cccc(C(F)(F)F)c1. The fraction of sp³-hybridized carbons (Fsp3) is 0.379. The van der Waals surface area contributed by atoms with Gasteiger partial charge in [0.25, 0.3) is 0 Å². The largest absolute Gasteiger partial charge is 0.416 e. The Morgan fingerprint density at radius 2 is 1.53 bits per heavy atom. The third kappa shape index (κ3) is 16.5. The normalized spacial score (nSPS) is 9.82. The highest BCUT2D eigenvalue weighted by atomic mass is 19.4. The van der Waals surface area contributed by atoms with Gasteiger partial charge in [-0.15, -0.1) is 12.8 Å². The van der Waals surface area contributed by atoms with E-state index >= 15 is 0 Å². The van der Waals surface area contributed by atoms with E-state index in [1.54, 1.807) is 25.4 Å². The maximum absolute atomic E-state index is 12.2. The van der Waals surface area contributed by atoms with Crippen LogP contribution in [0.4, 0.5) is 13.2 Å². The minimum atomic E-state index is -4.22. The highest BCUT2D eigenvalue weighted by Gasteiger charge is 2.30. The summed E-state index contributed by atoms with van der Waals surface area (Å²) in [6, 6.07) is 9.36. The number of aryl methyl sites for hydroxylation is 1. The topological polar surface area (TPSA) is 30.0 Å². The van der Waals surface area contributed by atoms with E-state index in [1.807, 2.05) is 59.8 Å². The first kappa shape index (κ1) is 35.5. The number of halogens is 3. The lowest BCUT2D eigenvalue weighted by molar-refractivity contribution is -0.137. The van der Waals surface area contributed by atoms with Crippen molar-refractivity contribution in [2.24, 2.45) is 0 Å². The van der Waals surface area contributed by atoms with Gasteiger partial charge in [-0.05, 0) is 61.6 Å². The highest BCUT2D eigenvalue weighted by Crippen LogP contribution is 2.29. The minimum absolute atomic E-state index is 0.0663. The number of benzene rings is 1. The Balaban J connectivity index is -0.000000466. The number of rotatable bonds is 6. The molecule has 1 aromatic carbocycles. The zero-order valence-corrected chi connectivity index (χ0v) is 21.7. The van der Waals surface area contributed by atoms with Gasteiger partial charge in [0.1, 0.15) is 0 Å². The van der Waals surface area contributed by atoms with Gasteiger partial charge >= 0.3 is 6.18 Å². The first-order chi connectivity index (χ1) is 16.1. The van der Waals surface area contributed by atoms with Crippen LogP contribution < -0.4 is 0 Å². The minimum Gasteiger partial charge on any atom is -0.295 e. The fourth-order valence-corrected chi connectivity index (χ4v) is 2.55. The summed E-state index contributed by atoms with van der Waals surface area (Å²) in [5, 5.41) is 0. The van der Waals surface area contributed by atoms with Gasteiger partial charge in [0.2, 0.25) is 0 Å². The number of pyridine rings is 1. The molecule has 0 bridgehead atoms. The molecular formula is C29H40F3NO. The second-order valence-corrected chi connectivity index (χ2v) is 6.46. The molecule has 0 saturated heterocycles. The van der Waals surface area contributed by atoms with Crippen LogP contribution in [0.5, 0.6) is 0 Å². The number of aromatic nitrogens is 1. The fourth-order valence-electron chi connectivity index (χ4n) is 2.55. The monoisotopic (exact) mass is 475 g/mol. The van der Waals surface area contributed by atoms with Gasteiger partial charge in [-0.1, -0.05) is 71.9 Å². The summed E-state index contributed by atoms with van der Waals surface area (Å²) in [4.78, 5) is 15.2. The lowest BCUT2D eigenvalue weighted by atomic mass is 10.0. The number of hydrogen-bond acceptors (Lipinski definition) is 2. The van der Waals surface area contributed by atoms with Crippen molar-refractivity contribution in [3.8, 4) is 12.8 Å². The van der Waals surface area contributed by atoms with Gasteiger partial charge in [-0.2, -0.15) is 13.2 Å². The molecule has 188 valence electrons. The van der Waals surface area contributed by atoms with E-state index < -0.39 is 11.7 Å². The maximum atomic E-state index is 12.2. The van der Waals surface area contributed by atoms with Crippen LogP contribution in [0.25, 0.3) is 0 Å². The molecule has 0 atom stereocenters. The summed E-state index contributed by atoms with van der Waals surface area (Å²) >= 11 is 0. The van der Waals surface area contributed by atoms with E-state index in [2.05, 4.69) is 24.4 Å². The van der Waals surface area contributed by atoms with Crippen molar-refractivity contribution in [3.63, 3.8) is 0 Å². The van der Waals surface area contributed by atoms with Crippen molar-refractivity contribution in [3.05, 3.63) is 89.3 Å². The van der Waals surface area contributed by atoms with E-state index in [9.17, 15) is 18.0 Å². The Morgan fingerprint density at radius 1 is 1.00 bits per heavy atom. The zero-order chi connectivity index (χ0) is 27.2. The van der Waals surface area contributed by atoms with E-state index in [-0.39, 0.29) is 5.78 Å². The Hall–Kier alpha value is -3.13. The molecule has 2 nitrogen and oxygen atoms in total. The second kappa shape index (κ2) is 21.7. The number of allylic oxidation sites excluding steroid dienone is 3. The maximum Gasteiger partial charge on any atom is 0.416 e. The summed E-state index contributed by atoms with van der Waals surface area (Å²) in [5.74, 6) is 0.0663. The van der Waals surface area contributed by atoms with Crippen LogP contribution in [0.3, 0.4) is 0 Å². The van der Waals surface area contributed by atoms with Gasteiger partial charge in [-0.25, -0.2) is 0 Å². The summed E-state index contributed by atoms with van der Waals surface area (Å²) in [6.45, 7) is 17.1. The molecule has 0 aliphatic carbocycles. The average molecular weight is 476 g/mol. The first-order valence-electron chi connectivity index (χ1n) is 11.4. The van der Waals surface area contributed by atoms with Crippen LogP contribution in [0.2, 0.25) is 0 Å². The van der Waals surface area contributed by atoms with Gasteiger partial charge in [-0.3, -0.25) is 9.78 Å². The van der Waals surface area contributed by atoms with Gasteiger partial charge in [0.05, 0.1) is 5.56 Å². The molecule has 0 radical (unpaired) electrons. The molecule has 0 aliphatic rings. The molecule has 1 aromatic heterocycles. The molecule has 0 aliphatic heterocycles. The number of nitrogens with zero attached hydrogens (tertiary/aromatic N) is 1. The van der Waals surface area contributed by atoms with E-state index in [0.717, 1.165) is 35.6 Å². The third-order valence-corrected chi connectivity index (χ3v) is 3.92. The Morgan fingerprint density at radius 3 is 1.94 bits per heavy atom. The number of carbonyl (C=O) groups excluding carboxylic acids is 1. The van der Waals surface area contributed by atoms with Crippen molar-refractivity contribution < 1.29 is 18.0 Å². The summed E-state index contributed by atoms with van der Waals surface area (Å²) in [6.07, 6.45) is 11.5. The number of Topliss-reactive ketones (excluding diaryl/α,β-unsaturated/α-hetero) is 1. The Labute approximate surface area is 205 Å². The van der Waals surface area contributed by atoms with Gasteiger partial charge in [0.15, 0.2) is 5.78 Å². The molecule has 2 aromatic rings. The average Bonchev–Trinajstić information content (AvgIpc) is 2.84. The molecule has 0 spiro atoms. The van der Waals surface area contributed by atoms with Crippen molar-refractivity contribution in [1.82, 2.24) is 4.98 Å². The number of carbonyl (C=O) groups is 1. The molecule has 0 fully saturated rings. The highest BCUT2D eigenvalue weighted by molar-refractivity contribution is 5.97. The smallest absolute Gasteiger partial charge is 0.295 e. The van der Waals surface area contributed by atoms with Crippen LogP contribution in [0, 0.1) is 12.8 Å². The van der Waals surface area contributed by atoms with Crippen LogP contribution in [-0.2, 0) is 23.8 Å². The van der Waals surface area contributed by atoms with Gasteiger partial charge < -0.3 is 0 Å². The molecule has 2 rings (SSSR count). The van der Waals surface area contributed by atoms with Crippen LogP contribution in [0.15, 0.2) is 72.6 Å². The van der Waals surface area contributed by atoms with E-state index in [0.29, 0.717) is 12.0 Å².